The molecule has 7 nitrogen and oxygen atoms in total. The molecule has 1 aromatic heterocycles. The highest BCUT2D eigenvalue weighted by Crippen LogP contribution is 2.14. The van der Waals surface area contributed by atoms with E-state index in [1.807, 2.05) is 6.92 Å². The van der Waals surface area contributed by atoms with Gasteiger partial charge in [-0.1, -0.05) is 5.16 Å². The molecule has 1 rings (SSSR count). The smallest absolute Gasteiger partial charge is 0.170 e. The Labute approximate surface area is 112 Å². The Morgan fingerprint density at radius 2 is 2.26 bits per heavy atom. The van der Waals surface area contributed by atoms with Crippen LogP contribution in [0.25, 0.3) is 0 Å². The van der Waals surface area contributed by atoms with Gasteiger partial charge < -0.3 is 25.7 Å². The normalized spacial score (nSPS) is 13.4. The quantitative estimate of drug-likeness (QED) is 0.289. The zero-order chi connectivity index (χ0) is 14.4. The lowest BCUT2D eigenvalue weighted by Gasteiger charge is -2.22. The molecule has 1 aromatic rings. The van der Waals surface area contributed by atoms with Gasteiger partial charge in [-0.15, -0.1) is 0 Å². The van der Waals surface area contributed by atoms with Gasteiger partial charge in [0.25, 0.3) is 0 Å². The topological polar surface area (TPSA) is 104 Å². The maximum atomic E-state index is 9.69. The number of nitrogens with two attached hydrogens (primary N) is 1. The number of amidine groups is 1. The van der Waals surface area contributed by atoms with Gasteiger partial charge in [-0.05, 0) is 19.1 Å². The van der Waals surface area contributed by atoms with Gasteiger partial charge in [-0.25, -0.2) is 4.98 Å². The number of aliphatic hydroxyl groups excluding tert-OH is 1. The lowest BCUT2D eigenvalue weighted by molar-refractivity contribution is 0.0694. The average molecular weight is 268 g/mol. The number of anilines is 1. The Morgan fingerprint density at radius 3 is 2.84 bits per heavy atom. The molecule has 0 aliphatic heterocycles. The number of rotatable bonds is 6. The molecule has 0 aliphatic carbocycles. The van der Waals surface area contributed by atoms with Crippen molar-refractivity contribution in [1.29, 1.82) is 0 Å². The molecule has 0 saturated heterocycles. The van der Waals surface area contributed by atoms with Crippen LogP contribution in [0.4, 0.5) is 5.82 Å². The van der Waals surface area contributed by atoms with Crippen molar-refractivity contribution in [3.8, 4) is 0 Å². The van der Waals surface area contributed by atoms with Crippen LogP contribution in [0.3, 0.4) is 0 Å². The Morgan fingerprint density at radius 1 is 1.58 bits per heavy atom. The highest BCUT2D eigenvalue weighted by atomic mass is 16.5. The van der Waals surface area contributed by atoms with Crippen molar-refractivity contribution < 1.29 is 15.1 Å². The number of nitrogens with zero attached hydrogens (tertiary/aromatic N) is 3. The van der Waals surface area contributed by atoms with Crippen LogP contribution in [-0.4, -0.2) is 54.5 Å². The molecule has 7 heteroatoms. The second-order valence-corrected chi connectivity index (χ2v) is 4.33. The number of pyridine rings is 1. The molecule has 1 unspecified atom stereocenters. The molecule has 106 valence electrons. The molecule has 4 N–H and O–H groups in total. The molecular formula is C12H20N4O3. The van der Waals surface area contributed by atoms with Crippen LogP contribution < -0.4 is 10.6 Å². The van der Waals surface area contributed by atoms with Gasteiger partial charge in [-0.2, -0.15) is 0 Å². The fraction of sp³-hybridized carbons (Fsp3) is 0.500. The highest BCUT2D eigenvalue weighted by molar-refractivity contribution is 5.97. The van der Waals surface area contributed by atoms with E-state index in [-0.39, 0.29) is 12.4 Å². The number of hydrogen-bond donors (Lipinski definition) is 3. The third kappa shape index (κ3) is 4.38. The van der Waals surface area contributed by atoms with Gasteiger partial charge in [0.1, 0.15) is 5.82 Å². The van der Waals surface area contributed by atoms with E-state index >= 15 is 0 Å². The second kappa shape index (κ2) is 6.91. The minimum atomic E-state index is -0.607. The maximum Gasteiger partial charge on any atom is 0.170 e. The van der Waals surface area contributed by atoms with E-state index in [4.69, 9.17) is 15.7 Å². The fourth-order valence-corrected chi connectivity index (χ4v) is 1.71. The first-order valence-corrected chi connectivity index (χ1v) is 5.82. The second-order valence-electron chi connectivity index (χ2n) is 4.33. The van der Waals surface area contributed by atoms with E-state index in [0.717, 1.165) is 5.69 Å². The van der Waals surface area contributed by atoms with Gasteiger partial charge >= 0.3 is 0 Å². The van der Waals surface area contributed by atoms with Crippen LogP contribution >= 0.6 is 0 Å². The fourth-order valence-electron chi connectivity index (χ4n) is 1.71. The minimum absolute atomic E-state index is 0.0255. The van der Waals surface area contributed by atoms with Gasteiger partial charge in [0.05, 0.1) is 12.7 Å². The summed E-state index contributed by atoms with van der Waals surface area (Å²) in [5, 5.41) is 21.4. The third-order valence-corrected chi connectivity index (χ3v) is 2.58. The molecule has 0 bridgehead atoms. The van der Waals surface area contributed by atoms with Crippen molar-refractivity contribution in [2.75, 3.05) is 32.2 Å². The highest BCUT2D eigenvalue weighted by Gasteiger charge is 2.12. The van der Waals surface area contributed by atoms with Gasteiger partial charge in [0, 0.05) is 32.0 Å². The van der Waals surface area contributed by atoms with E-state index < -0.39 is 6.10 Å². The Hall–Kier alpha value is -1.86. The van der Waals surface area contributed by atoms with Gasteiger partial charge in [0.2, 0.25) is 0 Å². The van der Waals surface area contributed by atoms with Crippen molar-refractivity contribution in [3.63, 3.8) is 0 Å². The first-order valence-electron chi connectivity index (χ1n) is 5.82. The number of oxime groups is 1. The van der Waals surface area contributed by atoms with E-state index in [1.54, 1.807) is 24.1 Å². The molecule has 0 amide bonds. The average Bonchev–Trinajstić information content (AvgIpc) is 2.37. The number of aliphatic hydroxyl groups is 1. The Balaban J connectivity index is 2.91. The third-order valence-electron chi connectivity index (χ3n) is 2.58. The molecule has 0 aliphatic rings. The molecule has 0 radical (unpaired) electrons. The van der Waals surface area contributed by atoms with Crippen LogP contribution in [0.1, 0.15) is 11.3 Å². The molecule has 0 fully saturated rings. The molecule has 1 heterocycles. The van der Waals surface area contributed by atoms with Crippen molar-refractivity contribution in [2.45, 2.75) is 13.0 Å². The van der Waals surface area contributed by atoms with Crippen molar-refractivity contribution in [2.24, 2.45) is 10.9 Å². The van der Waals surface area contributed by atoms with E-state index in [2.05, 4.69) is 10.1 Å². The number of likely N-dealkylation sites (N-methyl/N-ethyl adjacent to an activating group) is 1. The monoisotopic (exact) mass is 268 g/mol. The summed E-state index contributed by atoms with van der Waals surface area (Å²) >= 11 is 0. The van der Waals surface area contributed by atoms with Crippen molar-refractivity contribution in [3.05, 3.63) is 23.4 Å². The van der Waals surface area contributed by atoms with E-state index in [9.17, 15) is 5.11 Å². The first-order chi connectivity index (χ1) is 8.97. The standard InChI is InChI=1S/C12H20N4O3/c1-8-4-9(12(13)15-18)5-11(14-8)16(2)6-10(17)7-19-3/h4-5,10,17-18H,6-7H2,1-3H3,(H2,13,15). The summed E-state index contributed by atoms with van der Waals surface area (Å²) in [5.74, 6) is 0.661. The van der Waals surface area contributed by atoms with Crippen molar-refractivity contribution >= 4 is 11.7 Å². The lowest BCUT2D eigenvalue weighted by atomic mass is 10.2. The predicted molar refractivity (Wildman–Crippen MR) is 72.6 cm³/mol. The summed E-state index contributed by atoms with van der Waals surface area (Å²) in [6.45, 7) is 2.44. The van der Waals surface area contributed by atoms with Crippen LogP contribution in [0.2, 0.25) is 0 Å². The van der Waals surface area contributed by atoms with Crippen molar-refractivity contribution in [1.82, 2.24) is 4.98 Å². The summed E-state index contributed by atoms with van der Waals surface area (Å²) in [6.07, 6.45) is -0.607. The molecule has 0 spiro atoms. The SMILES string of the molecule is COCC(O)CN(C)c1cc(/C(N)=N/O)cc(C)n1. The summed E-state index contributed by atoms with van der Waals surface area (Å²) in [5.41, 5.74) is 6.89. The number of hydrogen-bond acceptors (Lipinski definition) is 6. The van der Waals surface area contributed by atoms with Gasteiger partial charge in [0.15, 0.2) is 5.84 Å². The summed E-state index contributed by atoms with van der Waals surface area (Å²) < 4.78 is 4.87. The van der Waals surface area contributed by atoms with Crippen LogP contribution in [0.15, 0.2) is 17.3 Å². The van der Waals surface area contributed by atoms with Crippen LogP contribution in [0.5, 0.6) is 0 Å². The maximum absolute atomic E-state index is 9.69. The first kappa shape index (κ1) is 15.2. The lowest BCUT2D eigenvalue weighted by Crippen LogP contribution is -2.32. The Bertz CT molecular complexity index is 451. The minimum Gasteiger partial charge on any atom is -0.409 e. The molecule has 0 aromatic carbocycles. The molecule has 1 atom stereocenters. The zero-order valence-corrected chi connectivity index (χ0v) is 11.4. The predicted octanol–water partition coefficient (Wildman–Crippen LogP) is -0.0720. The molecular weight excluding hydrogens is 248 g/mol. The number of aromatic nitrogens is 1. The molecule has 19 heavy (non-hydrogen) atoms. The number of methoxy groups -OCH3 is 1. The number of aryl methyl sites for hydroxylation is 1. The van der Waals surface area contributed by atoms with E-state index in [0.29, 0.717) is 17.9 Å². The summed E-state index contributed by atoms with van der Waals surface area (Å²) in [6, 6.07) is 3.42. The zero-order valence-electron chi connectivity index (χ0n) is 11.4. The Kier molecular flexibility index (Phi) is 5.53. The summed E-state index contributed by atoms with van der Waals surface area (Å²) in [4.78, 5) is 6.13. The van der Waals surface area contributed by atoms with Crippen LogP contribution in [-0.2, 0) is 4.74 Å². The van der Waals surface area contributed by atoms with E-state index in [1.165, 1.54) is 7.11 Å². The number of ether oxygens (including phenoxy) is 1. The van der Waals surface area contributed by atoms with Gasteiger partial charge in [-0.3, -0.25) is 0 Å². The summed E-state index contributed by atoms with van der Waals surface area (Å²) in [7, 11) is 3.33. The van der Waals surface area contributed by atoms with Crippen LogP contribution in [0, 0.1) is 6.92 Å². The largest absolute Gasteiger partial charge is 0.409 e. The molecule has 0 saturated carbocycles.